The second-order valence-corrected chi connectivity index (χ2v) is 7.71. The zero-order chi connectivity index (χ0) is 22.2. The molecule has 0 saturated heterocycles. The van der Waals surface area contributed by atoms with E-state index in [0.717, 1.165) is 28.6 Å². The first-order chi connectivity index (χ1) is 15.5. The molecule has 0 aliphatic heterocycles. The predicted octanol–water partition coefficient (Wildman–Crippen LogP) is 3.55. The number of carbonyl (C=O) groups is 1. The Morgan fingerprint density at radius 2 is 1.91 bits per heavy atom. The normalized spacial score (nSPS) is 12.3. The maximum atomic E-state index is 12.8. The largest absolute Gasteiger partial charge is 0.342 e. The maximum Gasteiger partial charge on any atom is 0.274 e. The first kappa shape index (κ1) is 19.7. The van der Waals surface area contributed by atoms with Crippen molar-refractivity contribution >= 4 is 22.2 Å². The number of aryl methyl sites for hydroxylation is 1. The number of benzene rings is 2. The van der Waals surface area contributed by atoms with Gasteiger partial charge in [-0.3, -0.25) is 14.3 Å². The van der Waals surface area contributed by atoms with Crippen LogP contribution < -0.4 is 10.9 Å². The van der Waals surface area contributed by atoms with Crippen molar-refractivity contribution in [2.45, 2.75) is 26.4 Å². The highest BCUT2D eigenvalue weighted by atomic mass is 16.2. The molecule has 5 aromatic rings. The number of nitrogens with one attached hydrogen (secondary N) is 2. The fourth-order valence-electron chi connectivity index (χ4n) is 3.75. The summed E-state index contributed by atoms with van der Waals surface area (Å²) < 4.78 is 3.26. The van der Waals surface area contributed by atoms with Gasteiger partial charge in [0.25, 0.3) is 11.5 Å². The molecule has 0 saturated carbocycles. The molecule has 0 fully saturated rings. The molecular formula is C24H22N6O2. The summed E-state index contributed by atoms with van der Waals surface area (Å²) in [5.41, 5.74) is 2.43. The van der Waals surface area contributed by atoms with E-state index in [2.05, 4.69) is 20.5 Å². The SMILES string of the molecule is CCn1ccc(C(C)NC(=O)c2cc3c(=O)[nH]c(-c4ccc5ccccc5c4)cn3n2)n1. The van der Waals surface area contributed by atoms with Crippen molar-refractivity contribution < 1.29 is 4.79 Å². The molecule has 3 heterocycles. The van der Waals surface area contributed by atoms with Crippen molar-refractivity contribution in [1.82, 2.24) is 29.7 Å². The lowest BCUT2D eigenvalue weighted by Crippen LogP contribution is -2.27. The highest BCUT2D eigenvalue weighted by Gasteiger charge is 2.18. The molecule has 0 radical (unpaired) electrons. The molecule has 8 nitrogen and oxygen atoms in total. The number of aromatic amines is 1. The van der Waals surface area contributed by atoms with Crippen molar-refractivity contribution in [2.75, 3.05) is 0 Å². The zero-order valence-corrected chi connectivity index (χ0v) is 17.7. The van der Waals surface area contributed by atoms with E-state index in [4.69, 9.17) is 0 Å². The molecule has 8 heteroatoms. The van der Waals surface area contributed by atoms with Gasteiger partial charge in [-0.2, -0.15) is 10.2 Å². The molecule has 1 amide bonds. The lowest BCUT2D eigenvalue weighted by atomic mass is 10.1. The van der Waals surface area contributed by atoms with Crippen LogP contribution in [0.5, 0.6) is 0 Å². The number of carbonyl (C=O) groups excluding carboxylic acids is 1. The summed E-state index contributed by atoms with van der Waals surface area (Å²) in [5, 5.41) is 13.9. The van der Waals surface area contributed by atoms with Crippen LogP contribution in [0.4, 0.5) is 0 Å². The Morgan fingerprint density at radius 3 is 2.69 bits per heavy atom. The molecule has 160 valence electrons. The number of fused-ring (bicyclic) bond motifs is 2. The van der Waals surface area contributed by atoms with Gasteiger partial charge in [0, 0.05) is 24.4 Å². The van der Waals surface area contributed by atoms with Gasteiger partial charge in [-0.1, -0.05) is 36.4 Å². The van der Waals surface area contributed by atoms with Gasteiger partial charge in [-0.15, -0.1) is 0 Å². The topological polar surface area (TPSA) is 97.1 Å². The number of amides is 1. The number of hydrogen-bond acceptors (Lipinski definition) is 4. The van der Waals surface area contributed by atoms with Crippen LogP contribution in [0.15, 0.2) is 71.8 Å². The molecule has 0 aliphatic carbocycles. The Bertz CT molecular complexity index is 1510. The minimum absolute atomic E-state index is 0.174. The Labute approximate surface area is 183 Å². The Hall–Kier alpha value is -4.20. The minimum atomic E-state index is -0.362. The van der Waals surface area contributed by atoms with Gasteiger partial charge in [-0.05, 0) is 36.8 Å². The fraction of sp³-hybridized carbons (Fsp3) is 0.167. The smallest absolute Gasteiger partial charge is 0.274 e. The van der Waals surface area contributed by atoms with E-state index >= 15 is 0 Å². The van der Waals surface area contributed by atoms with Gasteiger partial charge < -0.3 is 10.3 Å². The summed E-state index contributed by atoms with van der Waals surface area (Å²) in [4.78, 5) is 28.3. The molecule has 3 aromatic heterocycles. The molecular weight excluding hydrogens is 404 g/mol. The Balaban J connectivity index is 1.45. The minimum Gasteiger partial charge on any atom is -0.342 e. The van der Waals surface area contributed by atoms with Crippen LogP contribution >= 0.6 is 0 Å². The third-order valence-electron chi connectivity index (χ3n) is 5.54. The number of hydrogen-bond donors (Lipinski definition) is 2. The van der Waals surface area contributed by atoms with Crippen molar-refractivity contribution in [3.8, 4) is 11.3 Å². The van der Waals surface area contributed by atoms with Crippen LogP contribution in [0, 0.1) is 0 Å². The van der Waals surface area contributed by atoms with E-state index in [1.165, 1.54) is 10.6 Å². The van der Waals surface area contributed by atoms with Crippen LogP contribution in [0.1, 0.15) is 36.1 Å². The summed E-state index contributed by atoms with van der Waals surface area (Å²) in [6.07, 6.45) is 3.60. The molecule has 1 unspecified atom stereocenters. The Morgan fingerprint density at radius 1 is 1.09 bits per heavy atom. The maximum absolute atomic E-state index is 12.8. The van der Waals surface area contributed by atoms with Crippen LogP contribution in [-0.4, -0.2) is 30.3 Å². The number of nitrogens with zero attached hydrogens (tertiary/aromatic N) is 4. The molecule has 2 aromatic carbocycles. The third-order valence-corrected chi connectivity index (χ3v) is 5.54. The molecule has 0 spiro atoms. The molecule has 32 heavy (non-hydrogen) atoms. The standard InChI is InChI=1S/C24H22N6O2/c1-3-29-11-10-19(27-29)15(2)25-23(31)20-13-22-24(32)26-21(14-30(22)28-20)18-9-8-16-6-4-5-7-17(16)12-18/h4-15H,3H2,1-2H3,(H,25,31)(H,26,32). The van der Waals surface area contributed by atoms with Crippen molar-refractivity contribution in [1.29, 1.82) is 0 Å². The van der Waals surface area contributed by atoms with E-state index in [1.807, 2.05) is 68.6 Å². The van der Waals surface area contributed by atoms with Gasteiger partial charge in [-0.25, -0.2) is 4.52 Å². The Kier molecular flexibility index (Phi) is 4.82. The van der Waals surface area contributed by atoms with Gasteiger partial charge in [0.15, 0.2) is 5.69 Å². The average molecular weight is 426 g/mol. The van der Waals surface area contributed by atoms with E-state index in [1.54, 1.807) is 10.9 Å². The zero-order valence-electron chi connectivity index (χ0n) is 17.7. The van der Waals surface area contributed by atoms with Crippen LogP contribution in [-0.2, 0) is 6.54 Å². The number of rotatable bonds is 5. The van der Waals surface area contributed by atoms with Crippen molar-refractivity contribution in [3.05, 3.63) is 88.7 Å². The number of H-pyrrole nitrogens is 1. The first-order valence-electron chi connectivity index (χ1n) is 10.5. The summed E-state index contributed by atoms with van der Waals surface area (Å²) in [7, 11) is 0. The molecule has 0 bridgehead atoms. The van der Waals surface area contributed by atoms with E-state index in [0.29, 0.717) is 11.2 Å². The van der Waals surface area contributed by atoms with Crippen molar-refractivity contribution in [2.24, 2.45) is 0 Å². The van der Waals surface area contributed by atoms with E-state index in [-0.39, 0.29) is 23.2 Å². The van der Waals surface area contributed by atoms with E-state index < -0.39 is 0 Å². The highest BCUT2D eigenvalue weighted by molar-refractivity contribution is 5.93. The third kappa shape index (κ3) is 3.56. The summed E-state index contributed by atoms with van der Waals surface area (Å²) in [5.74, 6) is -0.362. The first-order valence-corrected chi connectivity index (χ1v) is 10.5. The quantitative estimate of drug-likeness (QED) is 0.449. The van der Waals surface area contributed by atoms with Gasteiger partial charge >= 0.3 is 0 Å². The lowest BCUT2D eigenvalue weighted by molar-refractivity contribution is 0.0933. The van der Waals surface area contributed by atoms with Gasteiger partial charge in [0.1, 0.15) is 5.52 Å². The molecule has 1 atom stereocenters. The van der Waals surface area contributed by atoms with Crippen LogP contribution in [0.3, 0.4) is 0 Å². The molecule has 0 aliphatic rings. The highest BCUT2D eigenvalue weighted by Crippen LogP contribution is 2.22. The number of aromatic nitrogens is 5. The van der Waals surface area contributed by atoms with Gasteiger partial charge in [0.05, 0.1) is 23.6 Å². The van der Waals surface area contributed by atoms with Crippen LogP contribution in [0.2, 0.25) is 0 Å². The predicted molar refractivity (Wildman–Crippen MR) is 123 cm³/mol. The summed E-state index contributed by atoms with van der Waals surface area (Å²) in [6.45, 7) is 4.62. The summed E-state index contributed by atoms with van der Waals surface area (Å²) in [6, 6.07) is 17.1. The van der Waals surface area contributed by atoms with Gasteiger partial charge in [0.2, 0.25) is 0 Å². The van der Waals surface area contributed by atoms with Crippen LogP contribution in [0.25, 0.3) is 27.5 Å². The monoisotopic (exact) mass is 426 g/mol. The lowest BCUT2D eigenvalue weighted by Gasteiger charge is -2.10. The second-order valence-electron chi connectivity index (χ2n) is 7.71. The molecule has 2 N–H and O–H groups in total. The summed E-state index contributed by atoms with van der Waals surface area (Å²) >= 11 is 0. The molecule has 5 rings (SSSR count). The fourth-order valence-corrected chi connectivity index (χ4v) is 3.75. The van der Waals surface area contributed by atoms with E-state index in [9.17, 15) is 9.59 Å². The second kappa shape index (κ2) is 7.81. The average Bonchev–Trinajstić information content (AvgIpc) is 3.46. The van der Waals surface area contributed by atoms with Crippen molar-refractivity contribution in [3.63, 3.8) is 0 Å².